The molecule has 0 heterocycles. The lowest BCUT2D eigenvalue weighted by atomic mass is 9.79. The van der Waals surface area contributed by atoms with Crippen molar-refractivity contribution in [2.24, 2.45) is 17.3 Å². The van der Waals surface area contributed by atoms with Crippen LogP contribution in [0.15, 0.2) is 43.0 Å². The topological polar surface area (TPSA) is 67.8 Å². The Kier molecular flexibility index (Phi) is 11.5. The maximum absolute atomic E-state index is 12.5. The lowest BCUT2D eigenvalue weighted by Gasteiger charge is -2.34. The van der Waals surface area contributed by atoms with Gasteiger partial charge < -0.3 is 19.9 Å². The predicted octanol–water partition coefficient (Wildman–Crippen LogP) is 6.11. The minimum Gasteiger partial charge on any atom is -0.444 e. The number of aliphatic hydroxyl groups is 1. The van der Waals surface area contributed by atoms with E-state index in [2.05, 4.69) is 39.6 Å². The highest BCUT2D eigenvalue weighted by Gasteiger charge is 2.32. The van der Waals surface area contributed by atoms with Crippen LogP contribution in [0.25, 0.3) is 0 Å². The van der Waals surface area contributed by atoms with E-state index in [4.69, 9.17) is 9.47 Å². The largest absolute Gasteiger partial charge is 0.444 e. The molecule has 0 radical (unpaired) electrons. The summed E-state index contributed by atoms with van der Waals surface area (Å²) >= 11 is 0. The smallest absolute Gasteiger partial charge is 0.407 e. The third-order valence-corrected chi connectivity index (χ3v) is 5.65. The van der Waals surface area contributed by atoms with E-state index in [1.165, 1.54) is 0 Å². The molecular formula is C27H45NO4. The minimum atomic E-state index is -0.697. The summed E-state index contributed by atoms with van der Waals surface area (Å²) in [4.78, 5) is 12.5. The van der Waals surface area contributed by atoms with Crippen LogP contribution >= 0.6 is 0 Å². The number of nitrogens with one attached hydrogen (secondary N) is 1. The van der Waals surface area contributed by atoms with Crippen molar-refractivity contribution in [3.05, 3.63) is 48.6 Å². The van der Waals surface area contributed by atoms with Crippen molar-refractivity contribution in [1.82, 2.24) is 5.32 Å². The number of carbonyl (C=O) groups excluding carboxylic acids is 1. The fourth-order valence-electron chi connectivity index (χ4n) is 3.64. The summed E-state index contributed by atoms with van der Waals surface area (Å²) in [5, 5.41) is 14.0. The molecule has 5 heteroatoms. The zero-order valence-corrected chi connectivity index (χ0v) is 21.2. The SMILES string of the molecule is C=CC(CC(O)C(CC(C)(C)CCOCc1ccccc1)NC(=O)OC(C)(C)C)C(C)C. The fourth-order valence-corrected chi connectivity index (χ4v) is 3.64. The van der Waals surface area contributed by atoms with Crippen LogP contribution in [0.4, 0.5) is 4.79 Å². The Balaban J connectivity index is 2.75. The number of aliphatic hydroxyl groups excluding tert-OH is 1. The van der Waals surface area contributed by atoms with E-state index in [1.807, 2.05) is 57.2 Å². The fraction of sp³-hybridized carbons (Fsp3) is 0.667. The molecule has 0 aliphatic heterocycles. The van der Waals surface area contributed by atoms with Gasteiger partial charge in [-0.15, -0.1) is 6.58 Å². The molecular weight excluding hydrogens is 402 g/mol. The Hall–Kier alpha value is -1.85. The number of hydrogen-bond acceptors (Lipinski definition) is 4. The zero-order valence-electron chi connectivity index (χ0n) is 21.2. The van der Waals surface area contributed by atoms with E-state index in [9.17, 15) is 9.90 Å². The second kappa shape index (κ2) is 13.0. The Morgan fingerprint density at radius 2 is 1.78 bits per heavy atom. The molecule has 2 N–H and O–H groups in total. The van der Waals surface area contributed by atoms with E-state index >= 15 is 0 Å². The highest BCUT2D eigenvalue weighted by molar-refractivity contribution is 5.68. The molecule has 0 saturated heterocycles. The van der Waals surface area contributed by atoms with Crippen molar-refractivity contribution in [2.75, 3.05) is 6.61 Å². The Bertz CT molecular complexity index is 679. The van der Waals surface area contributed by atoms with Gasteiger partial charge >= 0.3 is 6.09 Å². The average molecular weight is 448 g/mol. The molecule has 0 aliphatic carbocycles. The van der Waals surface area contributed by atoms with E-state index in [0.717, 1.165) is 12.0 Å². The number of allylic oxidation sites excluding steroid dienone is 1. The van der Waals surface area contributed by atoms with Crippen LogP contribution in [0.5, 0.6) is 0 Å². The van der Waals surface area contributed by atoms with Crippen LogP contribution in [-0.2, 0) is 16.1 Å². The van der Waals surface area contributed by atoms with E-state index in [0.29, 0.717) is 32.0 Å². The Morgan fingerprint density at radius 1 is 1.16 bits per heavy atom. The minimum absolute atomic E-state index is 0.140. The number of rotatable bonds is 13. The summed E-state index contributed by atoms with van der Waals surface area (Å²) in [6, 6.07) is 9.68. The number of benzene rings is 1. The van der Waals surface area contributed by atoms with Crippen LogP contribution in [0.2, 0.25) is 0 Å². The van der Waals surface area contributed by atoms with Gasteiger partial charge in [0.25, 0.3) is 0 Å². The van der Waals surface area contributed by atoms with Crippen LogP contribution < -0.4 is 5.32 Å². The van der Waals surface area contributed by atoms with Crippen LogP contribution in [0, 0.1) is 17.3 Å². The molecule has 1 rings (SSSR count). The van der Waals surface area contributed by atoms with Crippen molar-refractivity contribution in [1.29, 1.82) is 0 Å². The number of alkyl carbamates (subject to hydrolysis) is 1. The van der Waals surface area contributed by atoms with Gasteiger partial charge in [-0.1, -0.05) is 64.1 Å². The first-order valence-electron chi connectivity index (χ1n) is 11.7. The van der Waals surface area contributed by atoms with E-state index in [1.54, 1.807) is 0 Å². The molecule has 1 amide bonds. The van der Waals surface area contributed by atoms with Gasteiger partial charge in [0.15, 0.2) is 0 Å². The lowest BCUT2D eigenvalue weighted by molar-refractivity contribution is 0.0293. The van der Waals surface area contributed by atoms with Crippen molar-refractivity contribution < 1.29 is 19.4 Å². The molecule has 32 heavy (non-hydrogen) atoms. The van der Waals surface area contributed by atoms with Crippen molar-refractivity contribution >= 4 is 6.09 Å². The van der Waals surface area contributed by atoms with Gasteiger partial charge in [0.05, 0.1) is 18.8 Å². The molecule has 0 fully saturated rings. The van der Waals surface area contributed by atoms with E-state index in [-0.39, 0.29) is 11.3 Å². The summed E-state index contributed by atoms with van der Waals surface area (Å²) in [5.41, 5.74) is 0.412. The molecule has 0 saturated carbocycles. The quantitative estimate of drug-likeness (QED) is 0.283. The standard InChI is InChI=1S/C27H45NO4/c1-9-22(20(2)3)17-24(29)23(28-25(30)32-26(4,5)6)18-27(7,8)15-16-31-19-21-13-11-10-12-14-21/h9-14,20,22-24,29H,1,15-19H2,2-8H3,(H,28,30). The monoisotopic (exact) mass is 447 g/mol. The van der Waals surface area contributed by atoms with Crippen molar-refractivity contribution in [2.45, 2.75) is 92.1 Å². The number of hydrogen-bond donors (Lipinski definition) is 2. The average Bonchev–Trinajstić information content (AvgIpc) is 2.67. The zero-order chi connectivity index (χ0) is 24.4. The molecule has 182 valence electrons. The van der Waals surface area contributed by atoms with Crippen molar-refractivity contribution in [3.8, 4) is 0 Å². The first-order valence-corrected chi connectivity index (χ1v) is 11.7. The molecule has 0 aromatic heterocycles. The van der Waals surface area contributed by atoms with Gasteiger partial charge in [0.1, 0.15) is 5.60 Å². The maximum Gasteiger partial charge on any atom is 0.407 e. The highest BCUT2D eigenvalue weighted by atomic mass is 16.6. The lowest BCUT2D eigenvalue weighted by Crippen LogP contribution is -2.48. The molecule has 3 unspecified atom stereocenters. The molecule has 5 nitrogen and oxygen atoms in total. The van der Waals surface area contributed by atoms with Gasteiger partial charge in [0, 0.05) is 6.61 Å². The summed E-state index contributed by atoms with van der Waals surface area (Å²) in [6.45, 7) is 19.1. The summed E-state index contributed by atoms with van der Waals surface area (Å²) in [6.07, 6.45) is 2.66. The number of ether oxygens (including phenoxy) is 2. The summed E-state index contributed by atoms with van der Waals surface area (Å²) < 4.78 is 11.3. The van der Waals surface area contributed by atoms with Gasteiger partial charge in [0.2, 0.25) is 0 Å². The van der Waals surface area contributed by atoms with E-state index < -0.39 is 23.8 Å². The second-order valence-electron chi connectivity index (χ2n) is 10.9. The van der Waals surface area contributed by atoms with Crippen LogP contribution in [0.3, 0.4) is 0 Å². The number of carbonyl (C=O) groups is 1. The normalized spacial score (nSPS) is 15.2. The molecule has 0 spiro atoms. The number of amides is 1. The molecule has 1 aromatic carbocycles. The predicted molar refractivity (Wildman–Crippen MR) is 131 cm³/mol. The second-order valence-corrected chi connectivity index (χ2v) is 10.9. The van der Waals surface area contributed by atoms with Gasteiger partial charge in [-0.2, -0.15) is 0 Å². The van der Waals surface area contributed by atoms with Crippen LogP contribution in [0.1, 0.15) is 73.3 Å². The summed E-state index contributed by atoms with van der Waals surface area (Å²) in [7, 11) is 0. The molecule has 0 bridgehead atoms. The Labute approximate surface area is 195 Å². The van der Waals surface area contributed by atoms with Gasteiger partial charge in [-0.05, 0) is 62.8 Å². The first kappa shape index (κ1) is 28.2. The van der Waals surface area contributed by atoms with Crippen molar-refractivity contribution in [3.63, 3.8) is 0 Å². The van der Waals surface area contributed by atoms with Gasteiger partial charge in [-0.25, -0.2) is 4.79 Å². The summed E-state index contributed by atoms with van der Waals surface area (Å²) in [5.74, 6) is 0.536. The van der Waals surface area contributed by atoms with Crippen LogP contribution in [-0.4, -0.2) is 35.6 Å². The maximum atomic E-state index is 12.5. The Morgan fingerprint density at radius 3 is 2.31 bits per heavy atom. The molecule has 3 atom stereocenters. The van der Waals surface area contributed by atoms with Gasteiger partial charge in [-0.3, -0.25) is 0 Å². The first-order chi connectivity index (χ1) is 14.8. The molecule has 0 aliphatic rings. The highest BCUT2D eigenvalue weighted by Crippen LogP contribution is 2.30. The molecule has 1 aromatic rings. The third kappa shape index (κ3) is 11.7. The third-order valence-electron chi connectivity index (χ3n) is 5.65.